The van der Waals surface area contributed by atoms with E-state index >= 15 is 0 Å². The summed E-state index contributed by atoms with van der Waals surface area (Å²) in [5.74, 6) is 0.818. The topological polar surface area (TPSA) is 59.3 Å². The van der Waals surface area contributed by atoms with Gasteiger partial charge in [0.25, 0.3) is 0 Å². The van der Waals surface area contributed by atoms with Crippen LogP contribution in [0.2, 0.25) is 0 Å². The van der Waals surface area contributed by atoms with Crippen molar-refractivity contribution in [3.8, 4) is 0 Å². The van der Waals surface area contributed by atoms with Crippen molar-refractivity contribution in [2.75, 3.05) is 6.54 Å². The minimum Gasteiger partial charge on any atom is -0.468 e. The zero-order valence-electron chi connectivity index (χ0n) is 10.6. The van der Waals surface area contributed by atoms with Gasteiger partial charge in [-0.1, -0.05) is 6.92 Å². The lowest BCUT2D eigenvalue weighted by atomic mass is 10.4. The Morgan fingerprint density at radius 3 is 2.59 bits per heavy atom. The molecule has 1 aromatic heterocycles. The molecule has 0 aliphatic carbocycles. The Morgan fingerprint density at radius 1 is 1.35 bits per heavy atom. The molecule has 0 bridgehead atoms. The molecule has 0 spiro atoms. The largest absolute Gasteiger partial charge is 0.468 e. The summed E-state index contributed by atoms with van der Waals surface area (Å²) in [6.07, 6.45) is 2.27. The lowest BCUT2D eigenvalue weighted by Gasteiger charge is -2.17. The van der Waals surface area contributed by atoms with Gasteiger partial charge in [0, 0.05) is 6.54 Å². The Morgan fingerprint density at radius 2 is 2.06 bits per heavy atom. The second kappa shape index (κ2) is 6.21. The van der Waals surface area contributed by atoms with Gasteiger partial charge < -0.3 is 9.73 Å². The molecule has 1 rings (SSSR count). The molecule has 0 amide bonds. The molecule has 5 heteroatoms. The molecule has 0 aliphatic rings. The van der Waals surface area contributed by atoms with Crippen molar-refractivity contribution in [2.24, 2.45) is 0 Å². The monoisotopic (exact) mass is 259 g/mol. The molecule has 0 saturated heterocycles. The van der Waals surface area contributed by atoms with Crippen molar-refractivity contribution in [1.82, 2.24) is 5.32 Å². The van der Waals surface area contributed by atoms with Gasteiger partial charge in [-0.05, 0) is 32.4 Å². The van der Waals surface area contributed by atoms with Crippen molar-refractivity contribution < 1.29 is 12.8 Å². The van der Waals surface area contributed by atoms with Crippen LogP contribution in [0.4, 0.5) is 0 Å². The average Bonchev–Trinajstić information content (AvgIpc) is 2.80. The van der Waals surface area contributed by atoms with Gasteiger partial charge in [0.05, 0.1) is 23.3 Å². The molecule has 0 aromatic carbocycles. The van der Waals surface area contributed by atoms with Crippen LogP contribution in [0.3, 0.4) is 0 Å². The number of sulfone groups is 1. The smallest absolute Gasteiger partial charge is 0.156 e. The van der Waals surface area contributed by atoms with Crippen molar-refractivity contribution in [1.29, 1.82) is 0 Å². The summed E-state index contributed by atoms with van der Waals surface area (Å²) in [4.78, 5) is 0. The molecule has 98 valence electrons. The van der Waals surface area contributed by atoms with E-state index in [0.717, 1.165) is 5.76 Å². The van der Waals surface area contributed by atoms with Gasteiger partial charge in [0.1, 0.15) is 5.76 Å². The Hall–Kier alpha value is -0.810. The SMILES string of the molecule is CCC(C)S(=O)(=O)C(C)CNCc1ccco1. The van der Waals surface area contributed by atoms with E-state index in [0.29, 0.717) is 19.5 Å². The molecular formula is C12H21NO3S. The number of hydrogen-bond donors (Lipinski definition) is 1. The lowest BCUT2D eigenvalue weighted by molar-refractivity contribution is 0.480. The maximum absolute atomic E-state index is 12.0. The van der Waals surface area contributed by atoms with E-state index in [2.05, 4.69) is 5.32 Å². The number of nitrogens with one attached hydrogen (secondary N) is 1. The number of rotatable bonds is 7. The minimum absolute atomic E-state index is 0.275. The van der Waals surface area contributed by atoms with Crippen LogP contribution in [0, 0.1) is 0 Å². The average molecular weight is 259 g/mol. The van der Waals surface area contributed by atoms with Gasteiger partial charge in [-0.3, -0.25) is 0 Å². The van der Waals surface area contributed by atoms with E-state index in [-0.39, 0.29) is 10.5 Å². The van der Waals surface area contributed by atoms with Gasteiger partial charge in [-0.2, -0.15) is 0 Å². The van der Waals surface area contributed by atoms with Gasteiger partial charge in [-0.15, -0.1) is 0 Å². The molecule has 2 atom stereocenters. The highest BCUT2D eigenvalue weighted by Gasteiger charge is 2.25. The van der Waals surface area contributed by atoms with Crippen LogP contribution in [0.25, 0.3) is 0 Å². The molecular weight excluding hydrogens is 238 g/mol. The first-order chi connectivity index (χ1) is 7.98. The van der Waals surface area contributed by atoms with E-state index in [1.165, 1.54) is 0 Å². The number of furan rings is 1. The summed E-state index contributed by atoms with van der Waals surface area (Å²) < 4.78 is 29.1. The van der Waals surface area contributed by atoms with Crippen LogP contribution < -0.4 is 5.32 Å². The third-order valence-electron chi connectivity index (χ3n) is 3.01. The van der Waals surface area contributed by atoms with Crippen LogP contribution in [-0.4, -0.2) is 25.5 Å². The first kappa shape index (κ1) is 14.3. The fourth-order valence-electron chi connectivity index (χ4n) is 1.56. The Balaban J connectivity index is 2.41. The normalized spacial score (nSPS) is 15.7. The standard InChI is InChI=1S/C12H21NO3S/c1-4-10(2)17(14,15)11(3)8-13-9-12-6-5-7-16-12/h5-7,10-11,13H,4,8-9H2,1-3H3. The van der Waals surface area contributed by atoms with E-state index in [4.69, 9.17) is 4.42 Å². The molecule has 0 fully saturated rings. The van der Waals surface area contributed by atoms with Crippen LogP contribution in [0.1, 0.15) is 33.0 Å². The van der Waals surface area contributed by atoms with E-state index < -0.39 is 9.84 Å². The van der Waals surface area contributed by atoms with E-state index in [1.54, 1.807) is 20.1 Å². The fourth-order valence-corrected chi connectivity index (χ4v) is 3.16. The second-order valence-corrected chi connectivity index (χ2v) is 7.12. The molecule has 0 radical (unpaired) electrons. The Labute approximate surface area is 103 Å². The molecule has 4 nitrogen and oxygen atoms in total. The Bertz CT molecular complexity index is 411. The summed E-state index contributed by atoms with van der Waals surface area (Å²) in [5.41, 5.74) is 0. The molecule has 0 saturated carbocycles. The predicted octanol–water partition coefficient (Wildman–Crippen LogP) is 1.97. The molecule has 2 unspecified atom stereocenters. The summed E-state index contributed by atoms with van der Waals surface area (Å²) >= 11 is 0. The predicted molar refractivity (Wildman–Crippen MR) is 68.5 cm³/mol. The zero-order valence-corrected chi connectivity index (χ0v) is 11.5. The highest BCUT2D eigenvalue weighted by atomic mass is 32.2. The van der Waals surface area contributed by atoms with Gasteiger partial charge in [-0.25, -0.2) is 8.42 Å². The maximum atomic E-state index is 12.0. The number of hydrogen-bond acceptors (Lipinski definition) is 4. The molecule has 1 aromatic rings. The highest BCUT2D eigenvalue weighted by Crippen LogP contribution is 2.12. The zero-order chi connectivity index (χ0) is 12.9. The van der Waals surface area contributed by atoms with Gasteiger partial charge in [0.15, 0.2) is 9.84 Å². The summed E-state index contributed by atoms with van der Waals surface area (Å²) in [6.45, 7) is 6.42. The van der Waals surface area contributed by atoms with E-state index in [1.807, 2.05) is 19.1 Å². The minimum atomic E-state index is -3.02. The van der Waals surface area contributed by atoms with Crippen LogP contribution in [-0.2, 0) is 16.4 Å². The lowest BCUT2D eigenvalue weighted by Crippen LogP contribution is -2.35. The summed E-state index contributed by atoms with van der Waals surface area (Å²) in [6, 6.07) is 3.68. The summed E-state index contributed by atoms with van der Waals surface area (Å²) in [7, 11) is -3.02. The van der Waals surface area contributed by atoms with Crippen molar-refractivity contribution in [2.45, 2.75) is 44.2 Å². The molecule has 17 heavy (non-hydrogen) atoms. The molecule has 1 N–H and O–H groups in total. The van der Waals surface area contributed by atoms with Gasteiger partial charge in [0.2, 0.25) is 0 Å². The van der Waals surface area contributed by atoms with Crippen molar-refractivity contribution in [3.05, 3.63) is 24.2 Å². The van der Waals surface area contributed by atoms with Crippen molar-refractivity contribution >= 4 is 9.84 Å². The van der Waals surface area contributed by atoms with Crippen LogP contribution in [0.5, 0.6) is 0 Å². The van der Waals surface area contributed by atoms with Crippen molar-refractivity contribution in [3.63, 3.8) is 0 Å². The molecule has 1 heterocycles. The fraction of sp³-hybridized carbons (Fsp3) is 0.667. The highest BCUT2D eigenvalue weighted by molar-refractivity contribution is 7.92. The van der Waals surface area contributed by atoms with Crippen LogP contribution >= 0.6 is 0 Å². The van der Waals surface area contributed by atoms with Gasteiger partial charge >= 0.3 is 0 Å². The maximum Gasteiger partial charge on any atom is 0.156 e. The molecule has 0 aliphatic heterocycles. The third-order valence-corrected chi connectivity index (χ3v) is 5.75. The first-order valence-corrected chi connectivity index (χ1v) is 7.55. The second-order valence-electron chi connectivity index (χ2n) is 4.33. The Kier molecular flexibility index (Phi) is 5.21. The third kappa shape index (κ3) is 3.85. The quantitative estimate of drug-likeness (QED) is 0.813. The van der Waals surface area contributed by atoms with Crippen LogP contribution in [0.15, 0.2) is 22.8 Å². The summed E-state index contributed by atoms with van der Waals surface area (Å²) in [5, 5.41) is 2.46. The first-order valence-electron chi connectivity index (χ1n) is 5.94. The van der Waals surface area contributed by atoms with E-state index in [9.17, 15) is 8.42 Å².